The highest BCUT2D eigenvalue weighted by atomic mass is 16.6. The number of carbonyl (C=O) groups is 2. The van der Waals surface area contributed by atoms with Crippen LogP contribution in [0.25, 0.3) is 0 Å². The first-order valence-corrected chi connectivity index (χ1v) is 8.79. The van der Waals surface area contributed by atoms with Gasteiger partial charge in [-0.15, -0.1) is 0 Å². The minimum Gasteiger partial charge on any atom is -0.486 e. The SMILES string of the molecule is COC(=O)c1ccc2c(c1)C[C@@]1(O2)[C@@H](C)CC[C@@H](OC(C)=O)C1(C)C. The zero-order chi connectivity index (χ0) is 18.4. The van der Waals surface area contributed by atoms with E-state index in [-0.39, 0.29) is 23.5 Å². The number of esters is 2. The molecule has 3 rings (SSSR count). The van der Waals surface area contributed by atoms with Crippen LogP contribution in [0.15, 0.2) is 18.2 Å². The Morgan fingerprint density at radius 1 is 1.24 bits per heavy atom. The fourth-order valence-electron chi connectivity index (χ4n) is 4.52. The van der Waals surface area contributed by atoms with Gasteiger partial charge < -0.3 is 14.2 Å². The zero-order valence-electron chi connectivity index (χ0n) is 15.5. The van der Waals surface area contributed by atoms with Crippen molar-refractivity contribution in [2.45, 2.75) is 58.7 Å². The van der Waals surface area contributed by atoms with Crippen LogP contribution in [-0.4, -0.2) is 30.8 Å². The molecule has 1 fully saturated rings. The summed E-state index contributed by atoms with van der Waals surface area (Å²) >= 11 is 0. The standard InChI is InChI=1S/C20H26O5/c1-12-6-9-17(24-13(2)21)19(3,4)20(12)11-15-10-14(18(22)23-5)7-8-16(15)25-20/h7-8,10,12,17H,6,9,11H2,1-5H3/t12-,17+,20+/m0/s1. The van der Waals surface area contributed by atoms with Gasteiger partial charge >= 0.3 is 11.9 Å². The minimum absolute atomic E-state index is 0.185. The first-order valence-electron chi connectivity index (χ1n) is 8.79. The van der Waals surface area contributed by atoms with Crippen LogP contribution in [0.2, 0.25) is 0 Å². The molecule has 0 amide bonds. The molecule has 1 aromatic carbocycles. The second-order valence-corrected chi connectivity index (χ2v) is 7.78. The third kappa shape index (κ3) is 2.70. The predicted octanol–water partition coefficient (Wildman–Crippen LogP) is 3.53. The summed E-state index contributed by atoms with van der Waals surface area (Å²) in [6, 6.07) is 5.43. The van der Waals surface area contributed by atoms with Crippen molar-refractivity contribution in [3.63, 3.8) is 0 Å². The summed E-state index contributed by atoms with van der Waals surface area (Å²) in [6.07, 6.45) is 2.27. The molecule has 1 saturated carbocycles. The molecule has 0 unspecified atom stereocenters. The molecule has 2 aliphatic rings. The molecule has 5 nitrogen and oxygen atoms in total. The molecule has 0 N–H and O–H groups in total. The molecule has 0 bridgehead atoms. The van der Waals surface area contributed by atoms with Gasteiger partial charge in [0.25, 0.3) is 0 Å². The molecule has 5 heteroatoms. The van der Waals surface area contributed by atoms with E-state index in [2.05, 4.69) is 20.8 Å². The molecule has 1 aliphatic carbocycles. The van der Waals surface area contributed by atoms with Crippen LogP contribution in [0.4, 0.5) is 0 Å². The summed E-state index contributed by atoms with van der Waals surface area (Å²) in [4.78, 5) is 23.4. The smallest absolute Gasteiger partial charge is 0.337 e. The van der Waals surface area contributed by atoms with Gasteiger partial charge in [0.1, 0.15) is 17.5 Å². The van der Waals surface area contributed by atoms with Crippen LogP contribution < -0.4 is 4.74 Å². The van der Waals surface area contributed by atoms with Crippen molar-refractivity contribution in [2.75, 3.05) is 7.11 Å². The van der Waals surface area contributed by atoms with Crippen molar-refractivity contribution in [3.8, 4) is 5.75 Å². The van der Waals surface area contributed by atoms with Crippen molar-refractivity contribution in [1.29, 1.82) is 0 Å². The van der Waals surface area contributed by atoms with E-state index in [1.165, 1.54) is 14.0 Å². The van der Waals surface area contributed by atoms with Gasteiger partial charge in [-0.25, -0.2) is 4.79 Å². The molecule has 0 aromatic heterocycles. The first-order chi connectivity index (χ1) is 11.7. The number of benzene rings is 1. The number of fused-ring (bicyclic) bond motifs is 1. The Morgan fingerprint density at radius 2 is 1.96 bits per heavy atom. The second-order valence-electron chi connectivity index (χ2n) is 7.78. The van der Waals surface area contributed by atoms with Gasteiger partial charge in [-0.3, -0.25) is 4.79 Å². The molecular formula is C20H26O5. The lowest BCUT2D eigenvalue weighted by Gasteiger charge is -2.54. The van der Waals surface area contributed by atoms with Crippen LogP contribution in [0.5, 0.6) is 5.75 Å². The monoisotopic (exact) mass is 346 g/mol. The second kappa shape index (κ2) is 6.04. The van der Waals surface area contributed by atoms with Crippen LogP contribution in [-0.2, 0) is 20.7 Å². The minimum atomic E-state index is -0.456. The number of rotatable bonds is 2. The average Bonchev–Trinajstić information content (AvgIpc) is 2.96. The van der Waals surface area contributed by atoms with E-state index < -0.39 is 5.60 Å². The third-order valence-corrected chi connectivity index (χ3v) is 6.09. The lowest BCUT2D eigenvalue weighted by atomic mass is 9.58. The zero-order valence-corrected chi connectivity index (χ0v) is 15.5. The highest BCUT2D eigenvalue weighted by Gasteiger charge is 2.61. The van der Waals surface area contributed by atoms with E-state index in [1.54, 1.807) is 6.07 Å². The van der Waals surface area contributed by atoms with E-state index in [9.17, 15) is 9.59 Å². The van der Waals surface area contributed by atoms with E-state index in [4.69, 9.17) is 14.2 Å². The molecule has 136 valence electrons. The Bertz CT molecular complexity index is 708. The lowest BCUT2D eigenvalue weighted by molar-refractivity contribution is -0.186. The van der Waals surface area contributed by atoms with Gasteiger partial charge in [-0.1, -0.05) is 20.8 Å². The quantitative estimate of drug-likeness (QED) is 0.767. The highest BCUT2D eigenvalue weighted by molar-refractivity contribution is 5.89. The van der Waals surface area contributed by atoms with Crippen molar-refractivity contribution >= 4 is 11.9 Å². The Balaban J connectivity index is 1.97. The molecule has 1 heterocycles. The van der Waals surface area contributed by atoms with Gasteiger partial charge in [-0.2, -0.15) is 0 Å². The highest BCUT2D eigenvalue weighted by Crippen LogP contribution is 2.56. The Hall–Kier alpha value is -2.04. The van der Waals surface area contributed by atoms with E-state index in [0.29, 0.717) is 17.9 Å². The number of hydrogen-bond donors (Lipinski definition) is 0. The predicted molar refractivity (Wildman–Crippen MR) is 92.6 cm³/mol. The molecule has 25 heavy (non-hydrogen) atoms. The van der Waals surface area contributed by atoms with Gasteiger partial charge in [0.2, 0.25) is 0 Å². The summed E-state index contributed by atoms with van der Waals surface area (Å²) in [5, 5.41) is 0. The number of methoxy groups -OCH3 is 1. The maximum Gasteiger partial charge on any atom is 0.337 e. The fraction of sp³-hybridized carbons (Fsp3) is 0.600. The van der Waals surface area contributed by atoms with Crippen LogP contribution in [0.1, 0.15) is 56.5 Å². The van der Waals surface area contributed by atoms with Gasteiger partial charge in [0.15, 0.2) is 0 Å². The Kier molecular flexibility index (Phi) is 4.30. The van der Waals surface area contributed by atoms with Gasteiger partial charge in [0, 0.05) is 18.8 Å². The molecule has 1 aliphatic heterocycles. The molecule has 0 saturated heterocycles. The van der Waals surface area contributed by atoms with E-state index in [1.807, 2.05) is 12.1 Å². The molecule has 3 atom stereocenters. The van der Waals surface area contributed by atoms with Crippen LogP contribution in [0.3, 0.4) is 0 Å². The number of carbonyl (C=O) groups excluding carboxylic acids is 2. The summed E-state index contributed by atoms with van der Waals surface area (Å²) in [5.74, 6) is 0.503. The maximum absolute atomic E-state index is 11.8. The topological polar surface area (TPSA) is 61.8 Å². The fourth-order valence-corrected chi connectivity index (χ4v) is 4.52. The Morgan fingerprint density at radius 3 is 2.60 bits per heavy atom. The first kappa shape index (κ1) is 17.8. The largest absolute Gasteiger partial charge is 0.486 e. The molecule has 1 aromatic rings. The Labute approximate surface area is 148 Å². The molecule has 0 radical (unpaired) electrons. The number of ether oxygens (including phenoxy) is 3. The van der Waals surface area contributed by atoms with Crippen molar-refractivity contribution in [3.05, 3.63) is 29.3 Å². The van der Waals surface area contributed by atoms with Crippen molar-refractivity contribution in [1.82, 2.24) is 0 Å². The summed E-state index contributed by atoms with van der Waals surface area (Å²) < 4.78 is 16.9. The van der Waals surface area contributed by atoms with Gasteiger partial charge in [0.05, 0.1) is 12.7 Å². The average molecular weight is 346 g/mol. The maximum atomic E-state index is 11.8. The van der Waals surface area contributed by atoms with Crippen molar-refractivity contribution in [2.24, 2.45) is 11.3 Å². The van der Waals surface area contributed by atoms with Crippen molar-refractivity contribution < 1.29 is 23.8 Å². The van der Waals surface area contributed by atoms with Gasteiger partial charge in [-0.05, 0) is 42.5 Å². The lowest BCUT2D eigenvalue weighted by Crippen LogP contribution is -2.62. The summed E-state index contributed by atoms with van der Waals surface area (Å²) in [5.41, 5.74) is 0.731. The van der Waals surface area contributed by atoms with E-state index >= 15 is 0 Å². The molecular weight excluding hydrogens is 320 g/mol. The summed E-state index contributed by atoms with van der Waals surface area (Å²) in [6.45, 7) is 7.87. The van der Waals surface area contributed by atoms with E-state index in [0.717, 1.165) is 24.2 Å². The number of hydrogen-bond acceptors (Lipinski definition) is 5. The third-order valence-electron chi connectivity index (χ3n) is 6.09. The van der Waals surface area contributed by atoms with Crippen LogP contribution >= 0.6 is 0 Å². The molecule has 1 spiro atoms. The summed E-state index contributed by atoms with van der Waals surface area (Å²) in [7, 11) is 1.38. The van der Waals surface area contributed by atoms with Crippen LogP contribution in [0, 0.1) is 11.3 Å². The normalized spacial score (nSPS) is 29.6.